The minimum Gasteiger partial charge on any atom is -0.348 e. The van der Waals surface area contributed by atoms with Crippen LogP contribution in [-0.2, 0) is 24.7 Å². The summed E-state index contributed by atoms with van der Waals surface area (Å²) in [6.07, 6.45) is 2.31. The van der Waals surface area contributed by atoms with Crippen LogP contribution in [0.2, 0.25) is 10.0 Å². The Morgan fingerprint density at radius 2 is 1.52 bits per heavy atom. The quantitative estimate of drug-likeness (QED) is 0.586. The fourth-order valence-electron chi connectivity index (χ4n) is 3.12. The highest BCUT2D eigenvalue weighted by molar-refractivity contribution is 7.92. The van der Waals surface area contributed by atoms with Gasteiger partial charge in [0.25, 0.3) is 0 Å². The van der Waals surface area contributed by atoms with Gasteiger partial charge in [0.1, 0.15) is 6.04 Å². The molecule has 1 N–H and O–H groups in total. The Balaban J connectivity index is 2.33. The maximum atomic E-state index is 13.0. The molecule has 0 aliphatic heterocycles. The molecular formula is C20H24Cl2N2O5S2. The van der Waals surface area contributed by atoms with E-state index in [-0.39, 0.29) is 27.0 Å². The van der Waals surface area contributed by atoms with Crippen molar-refractivity contribution in [1.29, 1.82) is 0 Å². The number of benzene rings is 2. The van der Waals surface area contributed by atoms with Crippen LogP contribution in [-0.4, -0.2) is 41.3 Å². The van der Waals surface area contributed by atoms with E-state index in [0.717, 1.165) is 16.8 Å². The molecule has 7 nitrogen and oxygen atoms in total. The monoisotopic (exact) mass is 506 g/mol. The van der Waals surface area contributed by atoms with Crippen molar-refractivity contribution >= 4 is 54.7 Å². The predicted molar refractivity (Wildman–Crippen MR) is 124 cm³/mol. The summed E-state index contributed by atoms with van der Waals surface area (Å²) in [6, 6.07) is 8.93. The van der Waals surface area contributed by atoms with E-state index in [1.165, 1.54) is 30.3 Å². The van der Waals surface area contributed by atoms with Gasteiger partial charge in [-0.25, -0.2) is 16.8 Å². The van der Waals surface area contributed by atoms with Gasteiger partial charge in [0, 0.05) is 16.3 Å². The van der Waals surface area contributed by atoms with E-state index >= 15 is 0 Å². The van der Waals surface area contributed by atoms with Gasteiger partial charge in [-0.3, -0.25) is 9.10 Å². The van der Waals surface area contributed by atoms with Crippen LogP contribution in [0.15, 0.2) is 47.4 Å². The molecule has 0 aromatic heterocycles. The minimum absolute atomic E-state index is 0.169. The molecular weight excluding hydrogens is 483 g/mol. The Morgan fingerprint density at radius 3 is 1.94 bits per heavy atom. The molecule has 2 aromatic carbocycles. The summed E-state index contributed by atoms with van der Waals surface area (Å²) in [5.41, 5.74) is 0.861. The van der Waals surface area contributed by atoms with Crippen molar-refractivity contribution in [2.75, 3.05) is 16.8 Å². The van der Waals surface area contributed by atoms with Crippen LogP contribution in [0, 0.1) is 0 Å². The van der Waals surface area contributed by atoms with Gasteiger partial charge in [-0.2, -0.15) is 0 Å². The average Bonchev–Trinajstić information content (AvgIpc) is 2.63. The van der Waals surface area contributed by atoms with Crippen LogP contribution >= 0.6 is 23.2 Å². The number of anilines is 1. The van der Waals surface area contributed by atoms with Gasteiger partial charge >= 0.3 is 0 Å². The number of sulfonamides is 1. The van der Waals surface area contributed by atoms with E-state index in [1.807, 2.05) is 0 Å². The molecule has 2 aromatic rings. The van der Waals surface area contributed by atoms with E-state index in [2.05, 4.69) is 5.32 Å². The molecule has 2 atom stereocenters. The van der Waals surface area contributed by atoms with Crippen LogP contribution in [0.1, 0.15) is 31.9 Å². The zero-order valence-electron chi connectivity index (χ0n) is 17.5. The Labute approximate surface area is 193 Å². The summed E-state index contributed by atoms with van der Waals surface area (Å²) < 4.78 is 49.3. The molecule has 1 amide bonds. The number of carbonyl (C=O) groups excluding carboxylic acids is 1. The van der Waals surface area contributed by atoms with Crippen LogP contribution < -0.4 is 9.62 Å². The first-order valence-corrected chi connectivity index (χ1v) is 13.8. The summed E-state index contributed by atoms with van der Waals surface area (Å²) >= 11 is 12.1. The van der Waals surface area contributed by atoms with E-state index < -0.39 is 37.9 Å². The van der Waals surface area contributed by atoms with Gasteiger partial charge in [0.2, 0.25) is 15.9 Å². The Bertz CT molecular complexity index is 1150. The number of hydrogen-bond acceptors (Lipinski definition) is 5. The third-order valence-corrected chi connectivity index (χ3v) is 7.34. The lowest BCUT2D eigenvalue weighted by Crippen LogP contribution is -2.49. The summed E-state index contributed by atoms with van der Waals surface area (Å²) in [7, 11) is -7.18. The van der Waals surface area contributed by atoms with Crippen LogP contribution in [0.4, 0.5) is 5.69 Å². The smallest absolute Gasteiger partial charge is 0.244 e. The first-order chi connectivity index (χ1) is 14.2. The molecule has 11 heteroatoms. The molecule has 0 fully saturated rings. The number of carbonyl (C=O) groups is 1. The van der Waals surface area contributed by atoms with Gasteiger partial charge < -0.3 is 5.32 Å². The molecule has 0 spiro atoms. The van der Waals surface area contributed by atoms with Gasteiger partial charge in [-0.1, -0.05) is 42.3 Å². The minimum atomic E-state index is -3.84. The summed E-state index contributed by atoms with van der Waals surface area (Å²) in [5.74, 6) is -0.510. The fourth-order valence-corrected chi connectivity index (χ4v) is 5.46. The number of nitrogens with zero attached hydrogens (tertiary/aromatic N) is 1. The molecule has 0 saturated heterocycles. The van der Waals surface area contributed by atoms with Crippen molar-refractivity contribution in [2.45, 2.75) is 37.2 Å². The zero-order valence-corrected chi connectivity index (χ0v) is 20.6. The van der Waals surface area contributed by atoms with Crippen LogP contribution in [0.3, 0.4) is 0 Å². The molecule has 0 aliphatic rings. The number of amides is 1. The maximum absolute atomic E-state index is 13.0. The molecule has 0 aliphatic carbocycles. The van der Waals surface area contributed by atoms with Crippen molar-refractivity contribution in [1.82, 2.24) is 5.32 Å². The number of nitrogens with one attached hydrogen (secondary N) is 1. The second-order valence-electron chi connectivity index (χ2n) is 7.18. The van der Waals surface area contributed by atoms with Crippen molar-refractivity contribution < 1.29 is 21.6 Å². The zero-order chi connectivity index (χ0) is 23.6. The Morgan fingerprint density at radius 1 is 1.00 bits per heavy atom. The molecule has 0 bridgehead atoms. The standard InChI is InChI=1S/C20H24Cl2N2O5S2/c1-5-19(24(31(4,28)29)17-11-15(21)10-16(22)12-17)20(25)23-13(2)14-6-8-18(9-7-14)30(3,26)27/h6-13,19H,5H2,1-4H3,(H,23,25). The Hall–Kier alpha value is -1.81. The van der Waals surface area contributed by atoms with E-state index in [1.54, 1.807) is 26.0 Å². The summed E-state index contributed by atoms with van der Waals surface area (Å²) in [4.78, 5) is 13.2. The number of halogens is 2. The van der Waals surface area contributed by atoms with Gasteiger partial charge in [0.15, 0.2) is 9.84 Å². The highest BCUT2D eigenvalue weighted by Crippen LogP contribution is 2.29. The first kappa shape index (κ1) is 25.5. The number of sulfone groups is 1. The molecule has 0 saturated carbocycles. The second kappa shape index (κ2) is 9.77. The molecule has 2 rings (SSSR count). The van der Waals surface area contributed by atoms with E-state index in [4.69, 9.17) is 23.2 Å². The van der Waals surface area contributed by atoms with E-state index in [0.29, 0.717) is 5.56 Å². The van der Waals surface area contributed by atoms with Crippen LogP contribution in [0.5, 0.6) is 0 Å². The third kappa shape index (κ3) is 6.58. The normalized spacial score (nSPS) is 14.0. The maximum Gasteiger partial charge on any atom is 0.244 e. The lowest BCUT2D eigenvalue weighted by molar-refractivity contribution is -0.122. The van der Waals surface area contributed by atoms with Crippen molar-refractivity contribution in [3.05, 3.63) is 58.1 Å². The molecule has 170 valence electrons. The van der Waals surface area contributed by atoms with Crippen LogP contribution in [0.25, 0.3) is 0 Å². The number of hydrogen-bond donors (Lipinski definition) is 1. The second-order valence-corrected chi connectivity index (χ2v) is 11.9. The van der Waals surface area contributed by atoms with E-state index in [9.17, 15) is 21.6 Å². The van der Waals surface area contributed by atoms with Crippen molar-refractivity contribution in [3.8, 4) is 0 Å². The summed E-state index contributed by atoms with van der Waals surface area (Å²) in [5, 5.41) is 3.28. The van der Waals surface area contributed by atoms with Gasteiger partial charge in [-0.05, 0) is 49.2 Å². The molecule has 2 unspecified atom stereocenters. The fraction of sp³-hybridized carbons (Fsp3) is 0.350. The lowest BCUT2D eigenvalue weighted by atomic mass is 10.1. The SMILES string of the molecule is CCC(C(=O)NC(C)c1ccc(S(C)(=O)=O)cc1)N(c1cc(Cl)cc(Cl)c1)S(C)(=O)=O. The molecule has 0 heterocycles. The largest absolute Gasteiger partial charge is 0.348 e. The predicted octanol–water partition coefficient (Wildman–Crippen LogP) is 3.82. The van der Waals surface area contributed by atoms with Crippen molar-refractivity contribution in [2.24, 2.45) is 0 Å². The van der Waals surface area contributed by atoms with Gasteiger partial charge in [-0.15, -0.1) is 0 Å². The third-order valence-electron chi connectivity index (χ3n) is 4.60. The summed E-state index contributed by atoms with van der Waals surface area (Å²) in [6.45, 7) is 3.42. The molecule has 0 radical (unpaired) electrons. The van der Waals surface area contributed by atoms with Crippen molar-refractivity contribution in [3.63, 3.8) is 0 Å². The van der Waals surface area contributed by atoms with Gasteiger partial charge in [0.05, 0.1) is 22.9 Å². The Kier molecular flexibility index (Phi) is 8.02. The average molecular weight is 507 g/mol. The highest BCUT2D eigenvalue weighted by Gasteiger charge is 2.32. The first-order valence-electron chi connectivity index (χ1n) is 9.30. The molecule has 31 heavy (non-hydrogen) atoms. The lowest BCUT2D eigenvalue weighted by Gasteiger charge is -2.31. The highest BCUT2D eigenvalue weighted by atomic mass is 35.5. The number of rotatable bonds is 8. The topological polar surface area (TPSA) is 101 Å².